The van der Waals surface area contributed by atoms with Gasteiger partial charge in [-0.3, -0.25) is 9.59 Å². The number of carbonyl (C=O) groups is 2. The van der Waals surface area contributed by atoms with Gasteiger partial charge in [0.15, 0.2) is 0 Å². The lowest BCUT2D eigenvalue weighted by Crippen LogP contribution is -2.34. The van der Waals surface area contributed by atoms with E-state index in [-0.39, 0.29) is 24.9 Å². The summed E-state index contributed by atoms with van der Waals surface area (Å²) in [6, 6.07) is 17.6. The Balaban J connectivity index is 1.59. The van der Waals surface area contributed by atoms with Crippen LogP contribution in [0.25, 0.3) is 11.1 Å². The van der Waals surface area contributed by atoms with Gasteiger partial charge in [-0.15, -0.1) is 0 Å². The molecule has 0 saturated heterocycles. The largest absolute Gasteiger partial charge is 0.496 e. The summed E-state index contributed by atoms with van der Waals surface area (Å²) in [4.78, 5) is 24.5. The molecule has 0 aliphatic rings. The summed E-state index contributed by atoms with van der Waals surface area (Å²) in [5.74, 6) is -0.426. The number of benzene rings is 3. The molecule has 2 amide bonds. The normalized spacial score (nSPS) is 10.4. The maximum absolute atomic E-state index is 13.7. The number of hydrogen-bond donors (Lipinski definition) is 2. The third-order valence-corrected chi connectivity index (χ3v) is 4.65. The molecule has 3 aromatic rings. The van der Waals surface area contributed by atoms with Crippen LogP contribution < -0.4 is 15.4 Å². The Labute approximate surface area is 178 Å². The first-order chi connectivity index (χ1) is 14.5. The summed E-state index contributed by atoms with van der Waals surface area (Å²) in [5.41, 5.74) is 2.13. The molecule has 0 spiro atoms. The van der Waals surface area contributed by atoms with E-state index in [2.05, 4.69) is 10.6 Å². The highest BCUT2D eigenvalue weighted by molar-refractivity contribution is 6.30. The lowest BCUT2D eigenvalue weighted by molar-refractivity contribution is 0.0927. The van der Waals surface area contributed by atoms with Gasteiger partial charge in [-0.25, -0.2) is 4.39 Å². The molecule has 0 aliphatic carbocycles. The van der Waals surface area contributed by atoms with Crippen LogP contribution in [0.5, 0.6) is 5.75 Å². The Bertz CT molecular complexity index is 1050. The molecule has 3 aromatic carbocycles. The van der Waals surface area contributed by atoms with Crippen molar-refractivity contribution in [2.75, 3.05) is 20.2 Å². The van der Waals surface area contributed by atoms with Crippen molar-refractivity contribution in [3.63, 3.8) is 0 Å². The van der Waals surface area contributed by atoms with Crippen LogP contribution in [-0.4, -0.2) is 32.0 Å². The SMILES string of the molecule is COc1ccc(F)cc1-c1cccc(C(=O)NCCNC(=O)c2ccc(Cl)cc2)c1. The van der Waals surface area contributed by atoms with Gasteiger partial charge in [-0.05, 0) is 60.2 Å². The molecule has 0 bridgehead atoms. The second-order valence-electron chi connectivity index (χ2n) is 6.44. The first-order valence-corrected chi connectivity index (χ1v) is 9.61. The number of hydrogen-bond acceptors (Lipinski definition) is 3. The summed E-state index contributed by atoms with van der Waals surface area (Å²) in [7, 11) is 1.51. The van der Waals surface area contributed by atoms with Gasteiger partial charge >= 0.3 is 0 Å². The summed E-state index contributed by atoms with van der Waals surface area (Å²) < 4.78 is 19.0. The average molecular weight is 427 g/mol. The molecule has 3 rings (SSSR count). The minimum atomic E-state index is -0.392. The quantitative estimate of drug-likeness (QED) is 0.553. The number of halogens is 2. The van der Waals surface area contributed by atoms with Crippen LogP contribution >= 0.6 is 11.6 Å². The predicted octanol–water partition coefficient (Wildman–Crippen LogP) is 4.31. The third-order valence-electron chi connectivity index (χ3n) is 4.40. The number of carbonyl (C=O) groups excluding carboxylic acids is 2. The van der Waals surface area contributed by atoms with E-state index in [1.807, 2.05) is 0 Å². The van der Waals surface area contributed by atoms with Gasteiger partial charge in [0.1, 0.15) is 11.6 Å². The summed E-state index contributed by atoms with van der Waals surface area (Å²) >= 11 is 5.81. The molecule has 0 fully saturated rings. The van der Waals surface area contributed by atoms with Crippen molar-refractivity contribution < 1.29 is 18.7 Å². The standard InChI is InChI=1S/C23H20ClFN2O3/c1-30-21-10-9-19(25)14-20(21)16-3-2-4-17(13-16)23(29)27-12-11-26-22(28)15-5-7-18(24)8-6-15/h2-10,13-14H,11-12H2,1H3,(H,26,28)(H,27,29). The van der Waals surface area contributed by atoms with Gasteiger partial charge in [-0.1, -0.05) is 23.7 Å². The molecular weight excluding hydrogens is 407 g/mol. The van der Waals surface area contributed by atoms with E-state index < -0.39 is 5.82 Å². The number of amides is 2. The van der Waals surface area contributed by atoms with Gasteiger partial charge < -0.3 is 15.4 Å². The Morgan fingerprint density at radius 1 is 0.900 bits per heavy atom. The highest BCUT2D eigenvalue weighted by atomic mass is 35.5. The number of methoxy groups -OCH3 is 1. The smallest absolute Gasteiger partial charge is 0.251 e. The topological polar surface area (TPSA) is 67.4 Å². The minimum absolute atomic E-state index is 0.249. The molecule has 0 saturated carbocycles. The molecule has 0 atom stereocenters. The molecule has 7 heteroatoms. The van der Waals surface area contributed by atoms with E-state index in [1.165, 1.54) is 19.2 Å². The monoisotopic (exact) mass is 426 g/mol. The van der Waals surface area contributed by atoms with Crippen molar-refractivity contribution in [2.24, 2.45) is 0 Å². The van der Waals surface area contributed by atoms with Gasteiger partial charge in [0.2, 0.25) is 0 Å². The van der Waals surface area contributed by atoms with Crippen LogP contribution in [-0.2, 0) is 0 Å². The first-order valence-electron chi connectivity index (χ1n) is 9.24. The van der Waals surface area contributed by atoms with Crippen LogP contribution in [0.1, 0.15) is 20.7 Å². The van der Waals surface area contributed by atoms with Gasteiger partial charge in [-0.2, -0.15) is 0 Å². The van der Waals surface area contributed by atoms with Crippen LogP contribution in [0.15, 0.2) is 66.7 Å². The minimum Gasteiger partial charge on any atom is -0.496 e. The van der Waals surface area contributed by atoms with Crippen LogP contribution in [0.2, 0.25) is 5.02 Å². The predicted molar refractivity (Wildman–Crippen MR) is 115 cm³/mol. The zero-order valence-electron chi connectivity index (χ0n) is 16.2. The van der Waals surface area contributed by atoms with Crippen LogP contribution in [0.4, 0.5) is 4.39 Å². The van der Waals surface area contributed by atoms with Crippen LogP contribution in [0, 0.1) is 5.82 Å². The molecule has 0 aromatic heterocycles. The summed E-state index contributed by atoms with van der Waals surface area (Å²) in [5, 5.41) is 6.03. The lowest BCUT2D eigenvalue weighted by Gasteiger charge is -2.11. The van der Waals surface area contributed by atoms with Crippen molar-refractivity contribution in [3.05, 3.63) is 88.7 Å². The molecule has 154 valence electrons. The molecule has 0 radical (unpaired) electrons. The van der Waals surface area contributed by atoms with E-state index in [9.17, 15) is 14.0 Å². The molecule has 2 N–H and O–H groups in total. The van der Waals surface area contributed by atoms with E-state index in [0.717, 1.165) is 0 Å². The van der Waals surface area contributed by atoms with Gasteiger partial charge in [0, 0.05) is 34.8 Å². The Kier molecular flexibility index (Phi) is 7.03. The number of nitrogens with one attached hydrogen (secondary N) is 2. The van der Waals surface area contributed by atoms with Gasteiger partial charge in [0.05, 0.1) is 7.11 Å². The fourth-order valence-electron chi connectivity index (χ4n) is 2.89. The third kappa shape index (κ3) is 5.36. The maximum Gasteiger partial charge on any atom is 0.251 e. The van der Waals surface area contributed by atoms with Crippen molar-refractivity contribution in [1.29, 1.82) is 0 Å². The number of rotatable bonds is 7. The van der Waals surface area contributed by atoms with E-state index in [0.29, 0.717) is 33.0 Å². The Hall–Kier alpha value is -3.38. The first kappa shape index (κ1) is 21.3. The molecule has 5 nitrogen and oxygen atoms in total. The van der Waals surface area contributed by atoms with Crippen molar-refractivity contribution in [3.8, 4) is 16.9 Å². The second-order valence-corrected chi connectivity index (χ2v) is 6.88. The van der Waals surface area contributed by atoms with Crippen molar-refractivity contribution in [1.82, 2.24) is 10.6 Å². The van der Waals surface area contributed by atoms with E-state index >= 15 is 0 Å². The molecule has 30 heavy (non-hydrogen) atoms. The number of ether oxygens (including phenoxy) is 1. The highest BCUT2D eigenvalue weighted by Crippen LogP contribution is 2.31. The second kappa shape index (κ2) is 9.89. The Morgan fingerprint density at radius 3 is 2.23 bits per heavy atom. The molecule has 0 unspecified atom stereocenters. The van der Waals surface area contributed by atoms with E-state index in [1.54, 1.807) is 54.6 Å². The lowest BCUT2D eigenvalue weighted by atomic mass is 10.0. The van der Waals surface area contributed by atoms with E-state index in [4.69, 9.17) is 16.3 Å². The summed E-state index contributed by atoms with van der Waals surface area (Å²) in [6.45, 7) is 0.524. The van der Waals surface area contributed by atoms with Crippen LogP contribution in [0.3, 0.4) is 0 Å². The average Bonchev–Trinajstić information content (AvgIpc) is 2.77. The maximum atomic E-state index is 13.7. The highest BCUT2D eigenvalue weighted by Gasteiger charge is 2.11. The van der Waals surface area contributed by atoms with Crippen molar-refractivity contribution >= 4 is 23.4 Å². The fourth-order valence-corrected chi connectivity index (χ4v) is 3.02. The summed E-state index contributed by atoms with van der Waals surface area (Å²) in [6.07, 6.45) is 0. The zero-order chi connectivity index (χ0) is 21.5. The fraction of sp³-hybridized carbons (Fsp3) is 0.130. The molecule has 0 aliphatic heterocycles. The molecular formula is C23H20ClFN2O3. The zero-order valence-corrected chi connectivity index (χ0v) is 17.0. The van der Waals surface area contributed by atoms with Gasteiger partial charge in [0.25, 0.3) is 11.8 Å². The Morgan fingerprint density at radius 2 is 1.57 bits per heavy atom. The molecule has 0 heterocycles. The van der Waals surface area contributed by atoms with Crippen molar-refractivity contribution in [2.45, 2.75) is 0 Å².